The normalized spacial score (nSPS) is 16.6. The number of methoxy groups -OCH3 is 1. The molecule has 0 bridgehead atoms. The number of nitrogens with two attached hydrogens (primary N) is 1. The third-order valence-electron chi connectivity index (χ3n) is 3.89. The minimum absolute atomic E-state index is 0.182. The van der Waals surface area contributed by atoms with Crippen molar-refractivity contribution in [2.45, 2.75) is 25.5 Å². The predicted molar refractivity (Wildman–Crippen MR) is 86.7 cm³/mol. The summed E-state index contributed by atoms with van der Waals surface area (Å²) in [6.07, 6.45) is 2.07. The average Bonchev–Trinajstić information content (AvgIpc) is 2.87. The molecule has 2 aromatic rings. The highest BCUT2D eigenvalue weighted by Crippen LogP contribution is 2.32. The second kappa shape index (κ2) is 6.08. The van der Waals surface area contributed by atoms with E-state index < -0.39 is 0 Å². The Morgan fingerprint density at radius 2 is 2.00 bits per heavy atom. The Morgan fingerprint density at radius 3 is 2.81 bits per heavy atom. The molecule has 3 rings (SSSR count). The van der Waals surface area contributed by atoms with E-state index in [0.29, 0.717) is 6.61 Å². The van der Waals surface area contributed by atoms with E-state index >= 15 is 0 Å². The number of fused-ring (bicyclic) bond motifs is 1. The van der Waals surface area contributed by atoms with Crippen LogP contribution in [0.15, 0.2) is 40.9 Å². The molecule has 0 saturated heterocycles. The number of ether oxygens (including phenoxy) is 2. The first kappa shape index (κ1) is 14.4. The Hall–Kier alpha value is -1.52. The van der Waals surface area contributed by atoms with Crippen molar-refractivity contribution in [2.24, 2.45) is 5.73 Å². The van der Waals surface area contributed by atoms with Crippen LogP contribution in [0.3, 0.4) is 0 Å². The first-order chi connectivity index (χ1) is 10.2. The lowest BCUT2D eigenvalue weighted by Crippen LogP contribution is -2.05. The fourth-order valence-corrected chi connectivity index (χ4v) is 3.03. The van der Waals surface area contributed by atoms with Gasteiger partial charge >= 0.3 is 0 Å². The predicted octanol–water partition coefficient (Wildman–Crippen LogP) is 3.98. The maximum atomic E-state index is 6.05. The van der Waals surface area contributed by atoms with Crippen molar-refractivity contribution < 1.29 is 9.47 Å². The van der Waals surface area contributed by atoms with Crippen LogP contribution in [-0.2, 0) is 13.0 Å². The number of benzene rings is 2. The largest absolute Gasteiger partial charge is 0.497 e. The molecule has 0 heterocycles. The standard InChI is InChI=1S/C17H18BrNO2/c1-20-13-4-6-16(18)12(9-13)10-21-14-3-5-15-11(8-14)2-7-17(15)19/h3-6,8-9,17H,2,7,10,19H2,1H3/t17-/m0/s1. The molecule has 1 aliphatic rings. The van der Waals surface area contributed by atoms with Crippen LogP contribution in [-0.4, -0.2) is 7.11 Å². The molecule has 2 aromatic carbocycles. The van der Waals surface area contributed by atoms with E-state index in [1.54, 1.807) is 7.11 Å². The van der Waals surface area contributed by atoms with E-state index in [9.17, 15) is 0 Å². The average molecular weight is 348 g/mol. The molecule has 0 aliphatic heterocycles. The lowest BCUT2D eigenvalue weighted by Gasteiger charge is -2.11. The van der Waals surface area contributed by atoms with Gasteiger partial charge in [0.15, 0.2) is 0 Å². The van der Waals surface area contributed by atoms with Crippen LogP contribution in [0.2, 0.25) is 0 Å². The monoisotopic (exact) mass is 347 g/mol. The molecule has 1 aliphatic carbocycles. The van der Waals surface area contributed by atoms with Crippen molar-refractivity contribution in [1.29, 1.82) is 0 Å². The van der Waals surface area contributed by atoms with E-state index in [-0.39, 0.29) is 6.04 Å². The third-order valence-corrected chi connectivity index (χ3v) is 4.66. The maximum absolute atomic E-state index is 6.05. The minimum atomic E-state index is 0.182. The third kappa shape index (κ3) is 3.06. The van der Waals surface area contributed by atoms with Gasteiger partial charge in [-0.1, -0.05) is 22.0 Å². The van der Waals surface area contributed by atoms with E-state index in [1.807, 2.05) is 24.3 Å². The molecule has 0 fully saturated rings. The summed E-state index contributed by atoms with van der Waals surface area (Å²) < 4.78 is 12.2. The molecule has 110 valence electrons. The van der Waals surface area contributed by atoms with Gasteiger partial charge in [-0.3, -0.25) is 0 Å². The molecule has 0 aromatic heterocycles. The second-order valence-corrected chi connectivity index (χ2v) is 6.11. The minimum Gasteiger partial charge on any atom is -0.497 e. The number of aryl methyl sites for hydroxylation is 1. The lowest BCUT2D eigenvalue weighted by atomic mass is 10.1. The van der Waals surface area contributed by atoms with Crippen LogP contribution in [0.25, 0.3) is 0 Å². The second-order valence-electron chi connectivity index (χ2n) is 5.25. The van der Waals surface area contributed by atoms with E-state index in [0.717, 1.165) is 34.4 Å². The summed E-state index contributed by atoms with van der Waals surface area (Å²) in [6.45, 7) is 0.503. The summed E-state index contributed by atoms with van der Waals surface area (Å²) in [5.41, 5.74) is 9.68. The molecule has 2 N–H and O–H groups in total. The maximum Gasteiger partial charge on any atom is 0.120 e. The smallest absolute Gasteiger partial charge is 0.120 e. The molecular formula is C17H18BrNO2. The van der Waals surface area contributed by atoms with Crippen molar-refractivity contribution in [3.63, 3.8) is 0 Å². The Balaban J connectivity index is 1.73. The Morgan fingerprint density at radius 1 is 1.19 bits per heavy atom. The highest BCUT2D eigenvalue weighted by molar-refractivity contribution is 9.10. The molecule has 4 heteroatoms. The SMILES string of the molecule is COc1ccc(Br)c(COc2ccc3c(c2)CC[C@@H]3N)c1. The van der Waals surface area contributed by atoms with Crippen LogP contribution in [0.4, 0.5) is 0 Å². The molecule has 0 amide bonds. The molecule has 3 nitrogen and oxygen atoms in total. The number of rotatable bonds is 4. The first-order valence-corrected chi connectivity index (χ1v) is 7.80. The van der Waals surface area contributed by atoms with Crippen LogP contribution >= 0.6 is 15.9 Å². The van der Waals surface area contributed by atoms with Gasteiger partial charge in [-0.25, -0.2) is 0 Å². The zero-order chi connectivity index (χ0) is 14.8. The van der Waals surface area contributed by atoms with Crippen LogP contribution in [0.1, 0.15) is 29.2 Å². The summed E-state index contributed by atoms with van der Waals surface area (Å²) >= 11 is 3.54. The molecular weight excluding hydrogens is 330 g/mol. The Kier molecular flexibility index (Phi) is 4.17. The Bertz CT molecular complexity index is 657. The molecule has 1 atom stereocenters. The van der Waals surface area contributed by atoms with Crippen molar-refractivity contribution >= 4 is 15.9 Å². The molecule has 21 heavy (non-hydrogen) atoms. The molecule has 0 radical (unpaired) electrons. The topological polar surface area (TPSA) is 44.5 Å². The van der Waals surface area contributed by atoms with Gasteiger partial charge in [-0.2, -0.15) is 0 Å². The van der Waals surface area contributed by atoms with Gasteiger partial charge in [0.2, 0.25) is 0 Å². The highest BCUT2D eigenvalue weighted by atomic mass is 79.9. The highest BCUT2D eigenvalue weighted by Gasteiger charge is 2.19. The van der Waals surface area contributed by atoms with Gasteiger partial charge in [0.25, 0.3) is 0 Å². The van der Waals surface area contributed by atoms with Crippen LogP contribution in [0, 0.1) is 0 Å². The van der Waals surface area contributed by atoms with Gasteiger partial charge < -0.3 is 15.2 Å². The van der Waals surface area contributed by atoms with Crippen molar-refractivity contribution in [3.8, 4) is 11.5 Å². The van der Waals surface area contributed by atoms with E-state index in [4.69, 9.17) is 15.2 Å². The number of hydrogen-bond donors (Lipinski definition) is 1. The molecule has 0 saturated carbocycles. The Labute approximate surface area is 133 Å². The fraction of sp³-hybridized carbons (Fsp3) is 0.294. The van der Waals surface area contributed by atoms with Gasteiger partial charge in [0, 0.05) is 16.1 Å². The van der Waals surface area contributed by atoms with Crippen molar-refractivity contribution in [3.05, 3.63) is 57.6 Å². The van der Waals surface area contributed by atoms with E-state index in [1.165, 1.54) is 11.1 Å². The summed E-state index contributed by atoms with van der Waals surface area (Å²) in [5.74, 6) is 1.72. The van der Waals surface area contributed by atoms with Crippen LogP contribution < -0.4 is 15.2 Å². The number of hydrogen-bond acceptors (Lipinski definition) is 3. The zero-order valence-electron chi connectivity index (χ0n) is 11.9. The summed E-state index contributed by atoms with van der Waals surface area (Å²) in [4.78, 5) is 0. The lowest BCUT2D eigenvalue weighted by molar-refractivity contribution is 0.304. The van der Waals surface area contributed by atoms with Gasteiger partial charge in [0.1, 0.15) is 18.1 Å². The fourth-order valence-electron chi connectivity index (χ4n) is 2.67. The number of halogens is 1. The zero-order valence-corrected chi connectivity index (χ0v) is 13.5. The molecule has 0 unspecified atom stereocenters. The first-order valence-electron chi connectivity index (χ1n) is 7.01. The van der Waals surface area contributed by atoms with Crippen molar-refractivity contribution in [1.82, 2.24) is 0 Å². The van der Waals surface area contributed by atoms with Gasteiger partial charge in [-0.05, 0) is 54.3 Å². The van der Waals surface area contributed by atoms with Gasteiger partial charge in [0.05, 0.1) is 7.11 Å². The van der Waals surface area contributed by atoms with E-state index in [2.05, 4.69) is 28.1 Å². The summed E-state index contributed by atoms with van der Waals surface area (Å²) in [6, 6.07) is 12.2. The summed E-state index contributed by atoms with van der Waals surface area (Å²) in [7, 11) is 1.66. The quantitative estimate of drug-likeness (QED) is 0.909. The molecule has 0 spiro atoms. The van der Waals surface area contributed by atoms with Crippen molar-refractivity contribution in [2.75, 3.05) is 7.11 Å². The summed E-state index contributed by atoms with van der Waals surface area (Å²) in [5, 5.41) is 0. The van der Waals surface area contributed by atoms with Gasteiger partial charge in [-0.15, -0.1) is 0 Å². The van der Waals surface area contributed by atoms with Crippen LogP contribution in [0.5, 0.6) is 11.5 Å².